The lowest BCUT2D eigenvalue weighted by Gasteiger charge is -2.28. The highest BCUT2D eigenvalue weighted by molar-refractivity contribution is 6.45. The number of aliphatic imine (C=N–C) groups is 2. The van der Waals surface area contributed by atoms with Crippen LogP contribution in [0.15, 0.2) is 65.0 Å². The summed E-state index contributed by atoms with van der Waals surface area (Å²) in [7, 11) is 0. The second-order valence-electron chi connectivity index (χ2n) is 5.68. The summed E-state index contributed by atoms with van der Waals surface area (Å²) in [6.07, 6.45) is 5.48. The van der Waals surface area contributed by atoms with Gasteiger partial charge in [-0.25, -0.2) is 0 Å². The van der Waals surface area contributed by atoms with Gasteiger partial charge >= 0.3 is 0 Å². The molecule has 7 heteroatoms. The van der Waals surface area contributed by atoms with Crippen LogP contribution in [0.25, 0.3) is 5.70 Å². The van der Waals surface area contributed by atoms with Crippen LogP contribution in [0.1, 0.15) is 11.1 Å². The van der Waals surface area contributed by atoms with Gasteiger partial charge in [-0.15, -0.1) is 0 Å². The molecule has 0 saturated heterocycles. The number of amidine groups is 2. The second-order valence-corrected chi connectivity index (χ2v) is 6.59. The maximum absolute atomic E-state index is 6.40. The largest absolute Gasteiger partial charge is 0.336 e. The van der Waals surface area contributed by atoms with Crippen molar-refractivity contribution in [3.8, 4) is 0 Å². The number of aromatic nitrogens is 1. The van der Waals surface area contributed by atoms with Crippen molar-refractivity contribution in [3.63, 3.8) is 0 Å². The molecule has 0 spiro atoms. The third-order valence-electron chi connectivity index (χ3n) is 3.98. The Morgan fingerprint density at radius 2 is 2.12 bits per heavy atom. The van der Waals surface area contributed by atoms with E-state index >= 15 is 0 Å². The van der Waals surface area contributed by atoms with Crippen molar-refractivity contribution in [1.82, 2.24) is 15.2 Å². The number of hydrogen-bond acceptors (Lipinski definition) is 4. The maximum atomic E-state index is 6.40. The van der Waals surface area contributed by atoms with Gasteiger partial charge in [0, 0.05) is 29.2 Å². The van der Waals surface area contributed by atoms with E-state index in [4.69, 9.17) is 23.2 Å². The van der Waals surface area contributed by atoms with Crippen LogP contribution < -0.4 is 5.32 Å². The molecule has 2 aliphatic heterocycles. The molecule has 1 aromatic heterocycles. The average Bonchev–Trinajstić information content (AvgIpc) is 3.02. The maximum Gasteiger partial charge on any atom is 0.172 e. The molecule has 1 unspecified atom stereocenters. The highest BCUT2D eigenvalue weighted by Gasteiger charge is 2.32. The predicted molar refractivity (Wildman–Crippen MR) is 102 cm³/mol. The number of rotatable bonds is 3. The zero-order valence-corrected chi connectivity index (χ0v) is 14.7. The van der Waals surface area contributed by atoms with E-state index in [0.717, 1.165) is 22.7 Å². The summed E-state index contributed by atoms with van der Waals surface area (Å²) in [5, 5.41) is 4.01. The summed E-state index contributed by atoms with van der Waals surface area (Å²) in [6, 6.07) is 11.6. The van der Waals surface area contributed by atoms with Crippen LogP contribution in [-0.2, 0) is 6.54 Å². The van der Waals surface area contributed by atoms with Gasteiger partial charge in [-0.1, -0.05) is 47.5 Å². The molecule has 0 amide bonds. The minimum atomic E-state index is -0.224. The van der Waals surface area contributed by atoms with Crippen LogP contribution in [0.4, 0.5) is 0 Å². The Hall–Kier alpha value is -2.37. The summed E-state index contributed by atoms with van der Waals surface area (Å²) in [5.74, 6) is 1.43. The molecular formula is C18H15Cl2N5. The van der Waals surface area contributed by atoms with Crippen molar-refractivity contribution in [2.24, 2.45) is 9.98 Å². The minimum absolute atomic E-state index is 0.224. The summed E-state index contributed by atoms with van der Waals surface area (Å²) in [6.45, 7) is 1.03. The highest BCUT2D eigenvalue weighted by Crippen LogP contribution is 2.28. The average molecular weight is 372 g/mol. The molecular weight excluding hydrogens is 357 g/mol. The first-order valence-corrected chi connectivity index (χ1v) is 8.68. The zero-order chi connectivity index (χ0) is 17.2. The second kappa shape index (κ2) is 6.86. The third-order valence-corrected chi connectivity index (χ3v) is 4.66. The van der Waals surface area contributed by atoms with Gasteiger partial charge in [-0.05, 0) is 17.7 Å². The molecule has 0 saturated carbocycles. The Balaban J connectivity index is 1.69. The molecule has 0 aliphatic carbocycles. The summed E-state index contributed by atoms with van der Waals surface area (Å²) < 4.78 is 0. The standard InChI is InChI=1S/C18H15Cl2N5/c19-14-6-2-1-5-13(14)15-11-25-16(20)10-23-18(25)17(24-15)22-9-12-4-3-7-21-8-12/h1-8,11,16H,9-10H2,(H,22,24). The van der Waals surface area contributed by atoms with Crippen molar-refractivity contribution < 1.29 is 0 Å². The highest BCUT2D eigenvalue weighted by atomic mass is 35.5. The third kappa shape index (κ3) is 3.25. The van der Waals surface area contributed by atoms with Crippen LogP contribution >= 0.6 is 23.2 Å². The molecule has 0 radical (unpaired) electrons. The van der Waals surface area contributed by atoms with Crippen molar-refractivity contribution >= 4 is 40.6 Å². The smallest absolute Gasteiger partial charge is 0.172 e. The van der Waals surface area contributed by atoms with Crippen molar-refractivity contribution in [2.45, 2.75) is 12.0 Å². The monoisotopic (exact) mass is 371 g/mol. The number of hydrogen-bond donors (Lipinski definition) is 1. The van der Waals surface area contributed by atoms with Gasteiger partial charge in [-0.2, -0.15) is 0 Å². The number of benzene rings is 1. The van der Waals surface area contributed by atoms with E-state index in [2.05, 4.69) is 20.3 Å². The number of halogens is 2. The van der Waals surface area contributed by atoms with E-state index in [9.17, 15) is 0 Å². The van der Waals surface area contributed by atoms with Crippen LogP contribution in [0.5, 0.6) is 0 Å². The molecule has 4 rings (SSSR count). The topological polar surface area (TPSA) is 52.9 Å². The molecule has 3 heterocycles. The first kappa shape index (κ1) is 16.1. The number of nitrogens with one attached hydrogen (secondary N) is 1. The number of fused-ring (bicyclic) bond motifs is 1. The van der Waals surface area contributed by atoms with E-state index in [1.807, 2.05) is 47.5 Å². The van der Waals surface area contributed by atoms with E-state index in [1.165, 1.54) is 0 Å². The summed E-state index contributed by atoms with van der Waals surface area (Å²) in [5.41, 5.74) is 2.55. The van der Waals surface area contributed by atoms with Gasteiger partial charge in [0.2, 0.25) is 0 Å². The fraction of sp³-hybridized carbons (Fsp3) is 0.167. The fourth-order valence-corrected chi connectivity index (χ4v) is 3.20. The Morgan fingerprint density at radius 1 is 1.24 bits per heavy atom. The molecule has 1 N–H and O–H groups in total. The minimum Gasteiger partial charge on any atom is -0.336 e. The van der Waals surface area contributed by atoms with Crippen LogP contribution in [0.2, 0.25) is 5.02 Å². The Kier molecular flexibility index (Phi) is 4.42. The quantitative estimate of drug-likeness (QED) is 0.663. The van der Waals surface area contributed by atoms with Gasteiger partial charge in [0.05, 0.1) is 18.8 Å². The molecule has 2 aliphatic rings. The molecule has 2 aromatic rings. The van der Waals surface area contributed by atoms with Gasteiger partial charge < -0.3 is 10.2 Å². The van der Waals surface area contributed by atoms with Crippen molar-refractivity contribution in [2.75, 3.05) is 6.54 Å². The van der Waals surface area contributed by atoms with Gasteiger partial charge in [0.25, 0.3) is 0 Å². The van der Waals surface area contributed by atoms with Crippen molar-refractivity contribution in [3.05, 3.63) is 71.1 Å². The lowest BCUT2D eigenvalue weighted by molar-refractivity contribution is 0.560. The zero-order valence-electron chi connectivity index (χ0n) is 13.2. The molecule has 0 bridgehead atoms. The first-order chi connectivity index (χ1) is 12.2. The van der Waals surface area contributed by atoms with E-state index in [0.29, 0.717) is 23.9 Å². The van der Waals surface area contributed by atoms with Crippen LogP contribution in [0.3, 0.4) is 0 Å². The number of nitrogens with zero attached hydrogens (tertiary/aromatic N) is 4. The van der Waals surface area contributed by atoms with E-state index in [-0.39, 0.29) is 5.50 Å². The molecule has 1 atom stereocenters. The molecule has 25 heavy (non-hydrogen) atoms. The number of alkyl halides is 1. The number of pyridine rings is 1. The molecule has 0 fully saturated rings. The van der Waals surface area contributed by atoms with Gasteiger partial charge in [0.1, 0.15) is 5.50 Å². The van der Waals surface area contributed by atoms with E-state index in [1.54, 1.807) is 12.4 Å². The summed E-state index contributed by atoms with van der Waals surface area (Å²) in [4.78, 5) is 15.2. The van der Waals surface area contributed by atoms with Crippen LogP contribution in [0, 0.1) is 0 Å². The van der Waals surface area contributed by atoms with Gasteiger partial charge in [0.15, 0.2) is 11.7 Å². The molecule has 1 aromatic carbocycles. The Morgan fingerprint density at radius 3 is 2.92 bits per heavy atom. The molecule has 126 valence electrons. The predicted octanol–water partition coefficient (Wildman–Crippen LogP) is 3.51. The van der Waals surface area contributed by atoms with E-state index < -0.39 is 0 Å². The van der Waals surface area contributed by atoms with Crippen LogP contribution in [-0.4, -0.2) is 33.6 Å². The van der Waals surface area contributed by atoms with Crippen molar-refractivity contribution in [1.29, 1.82) is 0 Å². The van der Waals surface area contributed by atoms with Gasteiger partial charge in [-0.3, -0.25) is 15.0 Å². The normalized spacial score (nSPS) is 20.8. The first-order valence-electron chi connectivity index (χ1n) is 7.87. The lowest BCUT2D eigenvalue weighted by Crippen LogP contribution is -2.44. The Bertz CT molecular complexity index is 876. The SMILES string of the molecule is Clc1ccccc1C1=CN2C(=NCC2Cl)C(=NCc2cccnc2)N1. The fourth-order valence-electron chi connectivity index (χ4n) is 2.75. The Labute approximate surface area is 155 Å². The molecule has 5 nitrogen and oxygen atoms in total. The summed E-state index contributed by atoms with van der Waals surface area (Å²) >= 11 is 12.7. The lowest BCUT2D eigenvalue weighted by atomic mass is 10.1.